The van der Waals surface area contributed by atoms with Crippen LogP contribution in [0, 0.1) is 17.8 Å². The standard InChI is InChI=1S/C19H20ClN3O3/c20-13-9-12(5-6-14(13)23-18(24)15-2-1-7-26-15)22-19(25)16-10-3-4-11(8-10)17(16)21/h1-2,5-7,9-11,16-17H,3-4,8,21H2,(H,22,25)(H,23,24). The lowest BCUT2D eigenvalue weighted by atomic mass is 9.84. The Morgan fingerprint density at radius 1 is 1.15 bits per heavy atom. The number of anilines is 2. The average molecular weight is 374 g/mol. The molecule has 2 bridgehead atoms. The van der Waals surface area contributed by atoms with Gasteiger partial charge < -0.3 is 20.8 Å². The van der Waals surface area contributed by atoms with Crippen molar-refractivity contribution in [2.24, 2.45) is 23.5 Å². The van der Waals surface area contributed by atoms with Crippen molar-refractivity contribution in [3.63, 3.8) is 0 Å². The molecule has 2 aliphatic rings. The van der Waals surface area contributed by atoms with Gasteiger partial charge in [-0.25, -0.2) is 0 Å². The summed E-state index contributed by atoms with van der Waals surface area (Å²) in [6, 6.07) is 8.12. The van der Waals surface area contributed by atoms with Crippen LogP contribution >= 0.6 is 11.6 Å². The molecule has 0 spiro atoms. The highest BCUT2D eigenvalue weighted by molar-refractivity contribution is 6.34. The van der Waals surface area contributed by atoms with E-state index in [2.05, 4.69) is 10.6 Å². The van der Waals surface area contributed by atoms with Crippen molar-refractivity contribution < 1.29 is 14.0 Å². The fourth-order valence-electron chi connectivity index (χ4n) is 4.24. The molecule has 0 radical (unpaired) electrons. The number of rotatable bonds is 4. The zero-order chi connectivity index (χ0) is 18.3. The molecule has 0 saturated heterocycles. The third kappa shape index (κ3) is 3.10. The number of carbonyl (C=O) groups is 2. The molecule has 136 valence electrons. The molecule has 2 aromatic rings. The van der Waals surface area contributed by atoms with Crippen molar-refractivity contribution in [1.82, 2.24) is 0 Å². The first-order valence-electron chi connectivity index (χ1n) is 8.74. The van der Waals surface area contributed by atoms with Crippen LogP contribution in [0.1, 0.15) is 29.8 Å². The number of carbonyl (C=O) groups excluding carboxylic acids is 2. The summed E-state index contributed by atoms with van der Waals surface area (Å²) in [4.78, 5) is 24.7. The summed E-state index contributed by atoms with van der Waals surface area (Å²) in [5, 5.41) is 5.93. The van der Waals surface area contributed by atoms with E-state index in [0.29, 0.717) is 28.2 Å². The molecule has 2 aliphatic carbocycles. The molecule has 26 heavy (non-hydrogen) atoms. The van der Waals surface area contributed by atoms with Gasteiger partial charge >= 0.3 is 0 Å². The van der Waals surface area contributed by atoms with E-state index in [1.807, 2.05) is 0 Å². The van der Waals surface area contributed by atoms with Gasteiger partial charge in [-0.05, 0) is 61.4 Å². The molecule has 2 fully saturated rings. The largest absolute Gasteiger partial charge is 0.459 e. The van der Waals surface area contributed by atoms with Crippen LogP contribution in [-0.4, -0.2) is 17.9 Å². The first-order valence-corrected chi connectivity index (χ1v) is 9.11. The molecule has 1 aromatic carbocycles. The number of nitrogens with one attached hydrogen (secondary N) is 2. The van der Waals surface area contributed by atoms with Crippen LogP contribution in [0.15, 0.2) is 41.0 Å². The van der Waals surface area contributed by atoms with Gasteiger partial charge in [0.05, 0.1) is 22.9 Å². The SMILES string of the molecule is NC1C2CCC(C2)C1C(=O)Nc1ccc(NC(=O)c2ccco2)c(Cl)c1. The van der Waals surface area contributed by atoms with Crippen molar-refractivity contribution in [1.29, 1.82) is 0 Å². The number of furan rings is 1. The van der Waals surface area contributed by atoms with Crippen LogP contribution in [0.25, 0.3) is 0 Å². The van der Waals surface area contributed by atoms with Crippen LogP contribution in [0.3, 0.4) is 0 Å². The first kappa shape index (κ1) is 17.1. The number of hydrogen-bond acceptors (Lipinski definition) is 4. The number of fused-ring (bicyclic) bond motifs is 2. The molecule has 6 nitrogen and oxygen atoms in total. The van der Waals surface area contributed by atoms with Crippen molar-refractivity contribution in [2.75, 3.05) is 10.6 Å². The zero-order valence-corrected chi connectivity index (χ0v) is 14.8. The van der Waals surface area contributed by atoms with Crippen LogP contribution in [-0.2, 0) is 4.79 Å². The maximum atomic E-state index is 12.6. The Labute approximate surface area is 156 Å². The van der Waals surface area contributed by atoms with E-state index < -0.39 is 0 Å². The third-order valence-corrected chi connectivity index (χ3v) is 5.83. The van der Waals surface area contributed by atoms with Gasteiger partial charge in [-0.15, -0.1) is 0 Å². The van der Waals surface area contributed by atoms with E-state index in [9.17, 15) is 9.59 Å². The summed E-state index contributed by atoms with van der Waals surface area (Å²) in [5.74, 6) is 0.486. The first-order chi connectivity index (χ1) is 12.5. The predicted octanol–water partition coefficient (Wildman–Crippen LogP) is 3.50. The van der Waals surface area contributed by atoms with Crippen molar-refractivity contribution in [3.05, 3.63) is 47.4 Å². The zero-order valence-electron chi connectivity index (χ0n) is 14.1. The van der Waals surface area contributed by atoms with Crippen LogP contribution in [0.5, 0.6) is 0 Å². The lowest BCUT2D eigenvalue weighted by Crippen LogP contribution is -2.42. The summed E-state index contributed by atoms with van der Waals surface area (Å²) >= 11 is 6.25. The maximum Gasteiger partial charge on any atom is 0.291 e. The van der Waals surface area contributed by atoms with Gasteiger partial charge in [-0.1, -0.05) is 11.6 Å². The Balaban J connectivity index is 1.43. The Bertz CT molecular complexity index is 835. The molecule has 4 unspecified atom stereocenters. The van der Waals surface area contributed by atoms with Gasteiger partial charge in [-0.2, -0.15) is 0 Å². The van der Waals surface area contributed by atoms with Gasteiger partial charge in [-0.3, -0.25) is 9.59 Å². The predicted molar refractivity (Wildman–Crippen MR) is 99.0 cm³/mol. The van der Waals surface area contributed by atoms with E-state index in [1.165, 1.54) is 6.26 Å². The molecule has 7 heteroatoms. The Kier molecular flexibility index (Phi) is 4.46. The summed E-state index contributed by atoms with van der Waals surface area (Å²) in [5.41, 5.74) is 7.27. The molecule has 1 heterocycles. The van der Waals surface area contributed by atoms with E-state index in [0.717, 1.165) is 19.3 Å². The molecular formula is C19H20ClN3O3. The van der Waals surface area contributed by atoms with E-state index >= 15 is 0 Å². The highest BCUT2D eigenvalue weighted by Crippen LogP contribution is 2.48. The van der Waals surface area contributed by atoms with Gasteiger partial charge in [0, 0.05) is 11.7 Å². The minimum atomic E-state index is -0.387. The lowest BCUT2D eigenvalue weighted by molar-refractivity contribution is -0.121. The number of benzene rings is 1. The second kappa shape index (κ2) is 6.78. The molecule has 2 saturated carbocycles. The lowest BCUT2D eigenvalue weighted by Gasteiger charge is -2.27. The van der Waals surface area contributed by atoms with Crippen LogP contribution in [0.4, 0.5) is 11.4 Å². The Morgan fingerprint density at radius 3 is 2.62 bits per heavy atom. The van der Waals surface area contributed by atoms with E-state index in [1.54, 1.807) is 30.3 Å². The van der Waals surface area contributed by atoms with E-state index in [-0.39, 0.29) is 29.5 Å². The number of nitrogens with two attached hydrogens (primary N) is 1. The molecule has 1 aromatic heterocycles. The number of hydrogen-bond donors (Lipinski definition) is 3. The quantitative estimate of drug-likeness (QED) is 0.764. The molecule has 4 rings (SSSR count). The average Bonchev–Trinajstić information content (AvgIpc) is 3.33. The van der Waals surface area contributed by atoms with Gasteiger partial charge in [0.25, 0.3) is 5.91 Å². The van der Waals surface area contributed by atoms with E-state index in [4.69, 9.17) is 21.8 Å². The van der Waals surface area contributed by atoms with Gasteiger partial charge in [0.1, 0.15) is 0 Å². The fourth-order valence-corrected chi connectivity index (χ4v) is 4.46. The maximum absolute atomic E-state index is 12.6. The smallest absolute Gasteiger partial charge is 0.291 e. The van der Waals surface area contributed by atoms with Crippen molar-refractivity contribution in [3.8, 4) is 0 Å². The van der Waals surface area contributed by atoms with Crippen LogP contribution < -0.4 is 16.4 Å². The monoisotopic (exact) mass is 373 g/mol. The highest BCUT2D eigenvalue weighted by Gasteiger charge is 2.49. The van der Waals surface area contributed by atoms with Crippen molar-refractivity contribution in [2.45, 2.75) is 25.3 Å². The Hall–Kier alpha value is -2.31. The summed E-state index contributed by atoms with van der Waals surface area (Å²) in [6.07, 6.45) is 4.69. The molecule has 0 aliphatic heterocycles. The highest BCUT2D eigenvalue weighted by atomic mass is 35.5. The fraction of sp³-hybridized carbons (Fsp3) is 0.368. The normalized spacial score (nSPS) is 26.7. The van der Waals surface area contributed by atoms with Gasteiger partial charge in [0.2, 0.25) is 5.91 Å². The number of amides is 2. The van der Waals surface area contributed by atoms with Crippen molar-refractivity contribution >= 4 is 34.8 Å². The molecule has 4 N–H and O–H groups in total. The second-order valence-corrected chi connectivity index (χ2v) is 7.46. The summed E-state index contributed by atoms with van der Waals surface area (Å²) in [6.45, 7) is 0. The Morgan fingerprint density at radius 2 is 1.96 bits per heavy atom. The minimum Gasteiger partial charge on any atom is -0.459 e. The molecule has 4 atom stereocenters. The molecular weight excluding hydrogens is 354 g/mol. The minimum absolute atomic E-state index is 0.0480. The topological polar surface area (TPSA) is 97.4 Å². The second-order valence-electron chi connectivity index (χ2n) is 7.05. The number of halogens is 1. The third-order valence-electron chi connectivity index (χ3n) is 5.51. The summed E-state index contributed by atoms with van der Waals surface area (Å²) in [7, 11) is 0. The van der Waals surface area contributed by atoms with Gasteiger partial charge in [0.15, 0.2) is 5.76 Å². The summed E-state index contributed by atoms with van der Waals surface area (Å²) < 4.78 is 5.05. The van der Waals surface area contributed by atoms with Crippen LogP contribution in [0.2, 0.25) is 5.02 Å². The molecule has 2 amide bonds.